The molecular weight excluding hydrogens is 336 g/mol. The van der Waals surface area contributed by atoms with Gasteiger partial charge >= 0.3 is 6.55 Å². The fourth-order valence-electron chi connectivity index (χ4n) is 2.18. The van der Waals surface area contributed by atoms with Gasteiger partial charge in [-0.05, 0) is 36.4 Å². The minimum absolute atomic E-state index is 0.0586. The number of para-hydroxylation sites is 2. The molecule has 0 bridgehead atoms. The van der Waals surface area contributed by atoms with Gasteiger partial charge in [-0.1, -0.05) is 23.9 Å². The van der Waals surface area contributed by atoms with Gasteiger partial charge in [-0.3, -0.25) is 9.36 Å². The van der Waals surface area contributed by atoms with Crippen LogP contribution in [0.25, 0.3) is 11.0 Å². The molecule has 2 N–H and O–H groups in total. The zero-order chi connectivity index (χ0) is 17.1. The lowest BCUT2D eigenvalue weighted by Gasteiger charge is -2.08. The molecule has 0 saturated heterocycles. The third-order valence-electron chi connectivity index (χ3n) is 3.24. The number of nitrogens with one attached hydrogen (secondary N) is 1. The number of thioether (sulfide) groups is 1. The summed E-state index contributed by atoms with van der Waals surface area (Å²) >= 11 is 0.942. The largest absolute Gasteiger partial charge is 0.508 e. The first-order chi connectivity index (χ1) is 11.5. The Morgan fingerprint density at radius 2 is 1.92 bits per heavy atom. The molecule has 0 unspecified atom stereocenters. The second kappa shape index (κ2) is 6.88. The Kier molecular flexibility index (Phi) is 4.66. The summed E-state index contributed by atoms with van der Waals surface area (Å²) < 4.78 is 27.4. The molecule has 0 spiro atoms. The summed E-state index contributed by atoms with van der Waals surface area (Å²) in [6.07, 6.45) is 0. The molecule has 0 aliphatic heterocycles. The van der Waals surface area contributed by atoms with E-state index in [9.17, 15) is 18.7 Å². The number of alkyl halides is 2. The van der Waals surface area contributed by atoms with Crippen molar-refractivity contribution >= 4 is 34.4 Å². The van der Waals surface area contributed by atoms with Crippen molar-refractivity contribution in [3.8, 4) is 5.75 Å². The van der Waals surface area contributed by atoms with Gasteiger partial charge in [-0.25, -0.2) is 4.98 Å². The van der Waals surface area contributed by atoms with Gasteiger partial charge in [-0.2, -0.15) is 8.78 Å². The lowest BCUT2D eigenvalue weighted by atomic mass is 10.3. The van der Waals surface area contributed by atoms with Crippen molar-refractivity contribution in [2.24, 2.45) is 0 Å². The summed E-state index contributed by atoms with van der Waals surface area (Å²) in [5.74, 6) is -0.316. The van der Waals surface area contributed by atoms with Crippen LogP contribution in [0.1, 0.15) is 6.55 Å². The minimum atomic E-state index is -2.74. The molecule has 0 radical (unpaired) electrons. The van der Waals surface area contributed by atoms with Crippen molar-refractivity contribution in [1.29, 1.82) is 0 Å². The van der Waals surface area contributed by atoms with Crippen LogP contribution in [0.4, 0.5) is 14.5 Å². The zero-order valence-electron chi connectivity index (χ0n) is 12.3. The van der Waals surface area contributed by atoms with Gasteiger partial charge in [0.25, 0.3) is 0 Å². The van der Waals surface area contributed by atoms with E-state index in [1.54, 1.807) is 36.4 Å². The first kappa shape index (κ1) is 16.3. The van der Waals surface area contributed by atoms with Crippen LogP contribution < -0.4 is 5.32 Å². The van der Waals surface area contributed by atoms with E-state index in [1.807, 2.05) is 0 Å². The van der Waals surface area contributed by atoms with Crippen LogP contribution in [0.2, 0.25) is 0 Å². The Bertz CT molecular complexity index is 865. The van der Waals surface area contributed by atoms with Gasteiger partial charge < -0.3 is 10.4 Å². The number of phenolic OH excluding ortho intramolecular Hbond substituents is 1. The third kappa shape index (κ3) is 3.48. The fraction of sp³-hybridized carbons (Fsp3) is 0.125. The molecule has 5 nitrogen and oxygen atoms in total. The van der Waals surface area contributed by atoms with Crippen LogP contribution >= 0.6 is 11.8 Å². The number of amides is 1. The number of aromatic hydroxyl groups is 1. The number of phenols is 1. The predicted molar refractivity (Wildman–Crippen MR) is 88.4 cm³/mol. The molecule has 3 rings (SSSR count). The van der Waals surface area contributed by atoms with Crippen molar-refractivity contribution in [3.63, 3.8) is 0 Å². The Morgan fingerprint density at radius 1 is 1.21 bits per heavy atom. The van der Waals surface area contributed by atoms with E-state index in [0.29, 0.717) is 16.7 Å². The third-order valence-corrected chi connectivity index (χ3v) is 4.19. The van der Waals surface area contributed by atoms with Gasteiger partial charge in [0.1, 0.15) is 5.75 Å². The second-order valence-corrected chi connectivity index (χ2v) is 5.86. The summed E-state index contributed by atoms with van der Waals surface area (Å²) in [6.45, 7) is -2.74. The number of halogens is 2. The van der Waals surface area contributed by atoms with E-state index in [0.717, 1.165) is 16.3 Å². The quantitative estimate of drug-likeness (QED) is 0.542. The zero-order valence-corrected chi connectivity index (χ0v) is 13.1. The van der Waals surface area contributed by atoms with E-state index in [-0.39, 0.29) is 22.6 Å². The Labute approximate surface area is 140 Å². The van der Waals surface area contributed by atoms with Crippen LogP contribution in [0, 0.1) is 0 Å². The number of hydrogen-bond donors (Lipinski definition) is 2. The van der Waals surface area contributed by atoms with Crippen LogP contribution in [0.3, 0.4) is 0 Å². The number of nitrogens with zero attached hydrogens (tertiary/aromatic N) is 2. The molecule has 2 aromatic carbocycles. The molecule has 0 atom stereocenters. The molecule has 0 fully saturated rings. The SMILES string of the molecule is O=C(CSc1nc2ccccc2n1C(F)F)Nc1ccc(O)cc1. The smallest absolute Gasteiger partial charge is 0.321 e. The van der Waals surface area contributed by atoms with Gasteiger partial charge in [0, 0.05) is 5.69 Å². The van der Waals surface area contributed by atoms with Crippen LogP contribution in [-0.2, 0) is 4.79 Å². The van der Waals surface area contributed by atoms with Gasteiger partial charge in [0.2, 0.25) is 5.91 Å². The highest BCUT2D eigenvalue weighted by Gasteiger charge is 2.18. The van der Waals surface area contributed by atoms with E-state index >= 15 is 0 Å². The van der Waals surface area contributed by atoms with E-state index in [2.05, 4.69) is 10.3 Å². The summed E-state index contributed by atoms with van der Waals surface area (Å²) in [5, 5.41) is 11.9. The summed E-state index contributed by atoms with van der Waals surface area (Å²) in [4.78, 5) is 16.1. The fourth-order valence-corrected chi connectivity index (χ4v) is 3.00. The van der Waals surface area contributed by atoms with E-state index in [4.69, 9.17) is 0 Å². The first-order valence-electron chi connectivity index (χ1n) is 7.01. The number of aromatic nitrogens is 2. The highest BCUT2D eigenvalue weighted by molar-refractivity contribution is 7.99. The first-order valence-corrected chi connectivity index (χ1v) is 8.00. The average Bonchev–Trinajstić information content (AvgIpc) is 2.93. The minimum Gasteiger partial charge on any atom is -0.508 e. The molecule has 24 heavy (non-hydrogen) atoms. The average molecular weight is 349 g/mol. The van der Waals surface area contributed by atoms with E-state index in [1.165, 1.54) is 12.1 Å². The highest BCUT2D eigenvalue weighted by Crippen LogP contribution is 2.29. The maximum atomic E-state index is 13.3. The normalized spacial score (nSPS) is 11.1. The van der Waals surface area contributed by atoms with E-state index < -0.39 is 6.55 Å². The molecule has 1 amide bonds. The molecule has 1 heterocycles. The molecular formula is C16H13F2N3O2S. The number of fused-ring (bicyclic) bond motifs is 1. The van der Waals surface area contributed by atoms with Crippen molar-refractivity contribution in [1.82, 2.24) is 9.55 Å². The summed E-state index contributed by atoms with van der Waals surface area (Å²) in [6, 6.07) is 12.6. The molecule has 0 saturated carbocycles. The molecule has 0 aliphatic rings. The monoisotopic (exact) mass is 349 g/mol. The molecule has 8 heteroatoms. The Balaban J connectivity index is 1.72. The van der Waals surface area contributed by atoms with Gasteiger partial charge in [-0.15, -0.1) is 0 Å². The van der Waals surface area contributed by atoms with Crippen molar-refractivity contribution < 1.29 is 18.7 Å². The summed E-state index contributed by atoms with van der Waals surface area (Å²) in [7, 11) is 0. The van der Waals surface area contributed by atoms with Crippen molar-refractivity contribution in [2.75, 3.05) is 11.1 Å². The standard InChI is InChI=1S/C16H13F2N3O2S/c17-15(18)21-13-4-2-1-3-12(13)20-16(21)24-9-14(23)19-10-5-7-11(22)8-6-10/h1-8,15,22H,9H2,(H,19,23). The maximum Gasteiger partial charge on any atom is 0.321 e. The second-order valence-electron chi connectivity index (χ2n) is 4.91. The number of anilines is 1. The van der Waals surface area contributed by atoms with Gasteiger partial charge in [0.05, 0.1) is 16.8 Å². The van der Waals surface area contributed by atoms with Crippen LogP contribution in [-0.4, -0.2) is 26.3 Å². The van der Waals surface area contributed by atoms with Crippen LogP contribution in [0.5, 0.6) is 5.75 Å². The topological polar surface area (TPSA) is 67.2 Å². The highest BCUT2D eigenvalue weighted by atomic mass is 32.2. The maximum absolute atomic E-state index is 13.3. The molecule has 1 aromatic heterocycles. The van der Waals surface area contributed by atoms with Crippen molar-refractivity contribution in [2.45, 2.75) is 11.7 Å². The molecule has 124 valence electrons. The molecule has 0 aliphatic carbocycles. The van der Waals surface area contributed by atoms with Crippen molar-refractivity contribution in [3.05, 3.63) is 48.5 Å². The number of imidazole rings is 1. The number of rotatable bonds is 5. The lowest BCUT2D eigenvalue weighted by molar-refractivity contribution is -0.113. The number of carbonyl (C=O) groups excluding carboxylic acids is 1. The lowest BCUT2D eigenvalue weighted by Crippen LogP contribution is -2.14. The number of carbonyl (C=O) groups is 1. The van der Waals surface area contributed by atoms with Crippen LogP contribution in [0.15, 0.2) is 53.7 Å². The number of benzene rings is 2. The van der Waals surface area contributed by atoms with Gasteiger partial charge in [0.15, 0.2) is 5.16 Å². The predicted octanol–water partition coefficient (Wildman–Crippen LogP) is 3.87. The Hall–Kier alpha value is -2.61. The summed E-state index contributed by atoms with van der Waals surface area (Å²) in [5.41, 5.74) is 1.30. The Morgan fingerprint density at radius 3 is 2.62 bits per heavy atom. The molecule has 3 aromatic rings. The number of hydrogen-bond acceptors (Lipinski definition) is 4.